The van der Waals surface area contributed by atoms with Crippen molar-refractivity contribution < 1.29 is 17.7 Å². The van der Waals surface area contributed by atoms with Crippen LogP contribution in [0.1, 0.15) is 38.2 Å². The smallest absolute Gasteiger partial charge is 0.295 e. The van der Waals surface area contributed by atoms with Crippen LogP contribution in [0.5, 0.6) is 5.75 Å². The maximum absolute atomic E-state index is 11.7. The fourth-order valence-electron chi connectivity index (χ4n) is 2.76. The highest BCUT2D eigenvalue weighted by Crippen LogP contribution is 2.41. The fraction of sp³-hybridized carbons (Fsp3) is 0.412. The Labute approximate surface area is 132 Å². The SMILES string of the molecule is CCCCCCc1cc(S(=O)(=O)O)c2ccccc(OC)c1-2. The minimum atomic E-state index is -4.25. The number of aryl methyl sites for hydroxylation is 1. The summed E-state index contributed by atoms with van der Waals surface area (Å²) in [5, 5.41) is 0. The summed E-state index contributed by atoms with van der Waals surface area (Å²) >= 11 is 0. The van der Waals surface area contributed by atoms with E-state index < -0.39 is 10.1 Å². The molecule has 0 aliphatic heterocycles. The van der Waals surface area contributed by atoms with Crippen LogP contribution in [-0.4, -0.2) is 20.1 Å². The monoisotopic (exact) mass is 322 g/mol. The molecule has 0 bridgehead atoms. The average Bonchev–Trinajstić information content (AvgIpc) is 2.70. The van der Waals surface area contributed by atoms with E-state index in [0.717, 1.165) is 43.2 Å². The van der Waals surface area contributed by atoms with Gasteiger partial charge >= 0.3 is 0 Å². The zero-order chi connectivity index (χ0) is 16.2. The van der Waals surface area contributed by atoms with Gasteiger partial charge in [-0.05, 0) is 30.5 Å². The van der Waals surface area contributed by atoms with E-state index in [1.165, 1.54) is 0 Å². The van der Waals surface area contributed by atoms with Gasteiger partial charge in [0.25, 0.3) is 10.1 Å². The van der Waals surface area contributed by atoms with Gasteiger partial charge in [-0.1, -0.05) is 44.4 Å². The van der Waals surface area contributed by atoms with Crippen molar-refractivity contribution in [3.05, 3.63) is 35.9 Å². The summed E-state index contributed by atoms with van der Waals surface area (Å²) in [7, 11) is -2.69. The van der Waals surface area contributed by atoms with Gasteiger partial charge in [-0.3, -0.25) is 4.55 Å². The highest BCUT2D eigenvalue weighted by Gasteiger charge is 2.25. The molecule has 2 aliphatic carbocycles. The highest BCUT2D eigenvalue weighted by molar-refractivity contribution is 7.86. The molecular formula is C17H22O4S. The van der Waals surface area contributed by atoms with Crippen molar-refractivity contribution in [2.24, 2.45) is 0 Å². The van der Waals surface area contributed by atoms with Gasteiger partial charge < -0.3 is 4.74 Å². The zero-order valence-corrected chi connectivity index (χ0v) is 13.8. The summed E-state index contributed by atoms with van der Waals surface area (Å²) in [5.74, 6) is 0.625. The minimum Gasteiger partial charge on any atom is -0.496 e. The van der Waals surface area contributed by atoms with Crippen LogP contribution >= 0.6 is 0 Å². The Balaban J connectivity index is 2.50. The molecule has 0 saturated heterocycles. The molecule has 2 rings (SSSR count). The first-order valence-electron chi connectivity index (χ1n) is 7.55. The lowest BCUT2D eigenvalue weighted by Gasteiger charge is -2.07. The van der Waals surface area contributed by atoms with Crippen LogP contribution in [0.25, 0.3) is 11.1 Å². The first-order valence-corrected chi connectivity index (χ1v) is 8.99. The normalized spacial score (nSPS) is 11.8. The molecule has 0 saturated carbocycles. The molecule has 0 aromatic rings. The predicted octanol–water partition coefficient (Wildman–Crippen LogP) is 4.17. The molecule has 0 unspecified atom stereocenters. The van der Waals surface area contributed by atoms with Gasteiger partial charge in [-0.15, -0.1) is 0 Å². The van der Waals surface area contributed by atoms with Crippen LogP contribution in [0, 0.1) is 0 Å². The van der Waals surface area contributed by atoms with Crippen molar-refractivity contribution in [1.29, 1.82) is 0 Å². The summed E-state index contributed by atoms with van der Waals surface area (Å²) in [6.07, 6.45) is 5.17. The van der Waals surface area contributed by atoms with E-state index in [9.17, 15) is 13.0 Å². The molecule has 1 N–H and O–H groups in total. The molecular weight excluding hydrogens is 300 g/mol. The summed E-state index contributed by atoms with van der Waals surface area (Å²) in [5.41, 5.74) is 2.19. The Bertz CT molecular complexity index is 707. The summed E-state index contributed by atoms with van der Waals surface area (Å²) < 4.78 is 38.2. The minimum absolute atomic E-state index is 0.0394. The first-order chi connectivity index (χ1) is 10.5. The van der Waals surface area contributed by atoms with E-state index in [0.29, 0.717) is 11.3 Å². The van der Waals surface area contributed by atoms with Crippen LogP contribution in [0.3, 0.4) is 0 Å². The molecule has 0 spiro atoms. The van der Waals surface area contributed by atoms with Crippen LogP contribution in [0.4, 0.5) is 0 Å². The third kappa shape index (κ3) is 3.59. The van der Waals surface area contributed by atoms with Gasteiger partial charge in [-0.25, -0.2) is 0 Å². The Morgan fingerprint density at radius 1 is 1.14 bits per heavy atom. The summed E-state index contributed by atoms with van der Waals surface area (Å²) in [6, 6.07) is 8.64. The maximum Gasteiger partial charge on any atom is 0.295 e. The van der Waals surface area contributed by atoms with E-state index in [1.807, 2.05) is 6.07 Å². The summed E-state index contributed by atoms with van der Waals surface area (Å²) in [4.78, 5) is -0.0394. The highest BCUT2D eigenvalue weighted by atomic mass is 32.2. The third-order valence-corrected chi connectivity index (χ3v) is 4.72. The third-order valence-electron chi connectivity index (χ3n) is 3.83. The first kappa shape index (κ1) is 16.8. The second-order valence-corrected chi connectivity index (χ2v) is 6.78. The zero-order valence-electron chi connectivity index (χ0n) is 13.0. The molecule has 22 heavy (non-hydrogen) atoms. The van der Waals surface area contributed by atoms with Crippen molar-refractivity contribution in [2.75, 3.05) is 7.11 Å². The molecule has 0 aromatic carbocycles. The molecule has 120 valence electrons. The molecule has 0 aromatic heterocycles. The van der Waals surface area contributed by atoms with Crippen LogP contribution < -0.4 is 4.74 Å². The average molecular weight is 322 g/mol. The molecule has 0 heterocycles. The number of methoxy groups -OCH3 is 1. The van der Waals surface area contributed by atoms with Gasteiger partial charge in [0.15, 0.2) is 0 Å². The number of hydrogen-bond donors (Lipinski definition) is 1. The fourth-order valence-corrected chi connectivity index (χ4v) is 3.50. The van der Waals surface area contributed by atoms with Crippen molar-refractivity contribution in [2.45, 2.75) is 43.9 Å². The number of ether oxygens (including phenoxy) is 1. The number of unbranched alkanes of at least 4 members (excludes halogenated alkanes) is 3. The van der Waals surface area contributed by atoms with Gasteiger partial charge in [0.2, 0.25) is 0 Å². The van der Waals surface area contributed by atoms with Crippen LogP contribution in [0.15, 0.2) is 35.2 Å². The Morgan fingerprint density at radius 2 is 1.86 bits per heavy atom. The molecule has 0 fully saturated rings. The van der Waals surface area contributed by atoms with E-state index >= 15 is 0 Å². The molecule has 0 radical (unpaired) electrons. The van der Waals surface area contributed by atoms with Gasteiger partial charge in [0, 0.05) is 11.1 Å². The van der Waals surface area contributed by atoms with Crippen molar-refractivity contribution in [3.8, 4) is 16.9 Å². The van der Waals surface area contributed by atoms with Crippen LogP contribution in [0.2, 0.25) is 0 Å². The van der Waals surface area contributed by atoms with Gasteiger partial charge in [0.1, 0.15) is 10.6 Å². The maximum atomic E-state index is 11.7. The standard InChI is InChI=1S/C17H22O4S/c1-3-4-5-6-9-13-12-16(22(18,19)20)14-10-7-8-11-15(21-2)17(13)14/h7-8,10-12H,3-6,9H2,1-2H3,(H,18,19,20). The predicted molar refractivity (Wildman–Crippen MR) is 87.3 cm³/mol. The molecule has 2 aliphatic rings. The van der Waals surface area contributed by atoms with E-state index in [4.69, 9.17) is 4.74 Å². The lowest BCUT2D eigenvalue weighted by molar-refractivity contribution is 0.416. The second-order valence-electron chi connectivity index (χ2n) is 5.39. The molecule has 0 amide bonds. The van der Waals surface area contributed by atoms with E-state index in [1.54, 1.807) is 31.4 Å². The second kappa shape index (κ2) is 7.11. The van der Waals surface area contributed by atoms with Crippen molar-refractivity contribution in [1.82, 2.24) is 0 Å². The number of hydrogen-bond acceptors (Lipinski definition) is 3. The van der Waals surface area contributed by atoms with E-state index in [-0.39, 0.29) is 4.90 Å². The van der Waals surface area contributed by atoms with E-state index in [2.05, 4.69) is 6.92 Å². The molecule has 0 atom stereocenters. The van der Waals surface area contributed by atoms with Crippen molar-refractivity contribution in [3.63, 3.8) is 0 Å². The summed E-state index contributed by atoms with van der Waals surface area (Å²) in [6.45, 7) is 2.15. The quantitative estimate of drug-likeness (QED) is 0.614. The largest absolute Gasteiger partial charge is 0.496 e. The van der Waals surface area contributed by atoms with Gasteiger partial charge in [0.05, 0.1) is 7.11 Å². The lowest BCUT2D eigenvalue weighted by atomic mass is 10.0. The van der Waals surface area contributed by atoms with Gasteiger partial charge in [-0.2, -0.15) is 8.42 Å². The number of fused-ring (bicyclic) bond motifs is 1. The Kier molecular flexibility index (Phi) is 5.42. The van der Waals surface area contributed by atoms with Crippen LogP contribution in [-0.2, 0) is 16.5 Å². The lowest BCUT2D eigenvalue weighted by Crippen LogP contribution is -1.97. The molecule has 5 heteroatoms. The molecule has 4 nitrogen and oxygen atoms in total. The Morgan fingerprint density at radius 3 is 2.50 bits per heavy atom. The Hall–Kier alpha value is -1.59. The van der Waals surface area contributed by atoms with Crippen molar-refractivity contribution >= 4 is 10.1 Å². The number of rotatable bonds is 7. The topological polar surface area (TPSA) is 63.6 Å².